The van der Waals surface area contributed by atoms with Gasteiger partial charge < -0.3 is 0 Å². The fourth-order valence-corrected chi connectivity index (χ4v) is 9.96. The van der Waals surface area contributed by atoms with Crippen molar-refractivity contribution >= 4 is 43.5 Å². The molecule has 0 spiro atoms. The molecule has 1 unspecified atom stereocenters. The van der Waals surface area contributed by atoms with Gasteiger partial charge in [-0.3, -0.25) is 0 Å². The van der Waals surface area contributed by atoms with Crippen molar-refractivity contribution in [1.29, 1.82) is 0 Å². The number of aromatic nitrogens is 3. The molecular weight excluding hydrogens is 715 g/mol. The highest BCUT2D eigenvalue weighted by Crippen LogP contribution is 2.51. The lowest BCUT2D eigenvalue weighted by atomic mass is 9.68. The molecule has 3 nitrogen and oxygen atoms in total. The smallest absolute Gasteiger partial charge is 0.164 e. The maximum atomic E-state index is 5.26. The van der Waals surface area contributed by atoms with Crippen molar-refractivity contribution in [3.8, 4) is 45.3 Å². The average Bonchev–Trinajstić information content (AvgIpc) is 3.30. The highest BCUT2D eigenvalue weighted by atomic mass is 15.0. The first-order valence-corrected chi connectivity index (χ1v) is 20.7. The van der Waals surface area contributed by atoms with Gasteiger partial charge in [-0.2, -0.15) is 0 Å². The van der Waals surface area contributed by atoms with E-state index < -0.39 is 0 Å². The SMILES string of the molecule is C=C/C(=C1\C(=C/C)c2cccc3c2CC1CCc1ccccc1-3)c1cc(-c2nc(-c3ccccc3)nc(-c3ccccc3)n2)cc2c3ccccc3c3ccccc3c12. The predicted octanol–water partition coefficient (Wildman–Crippen LogP) is 14.2. The fourth-order valence-electron chi connectivity index (χ4n) is 9.96. The molecule has 0 N–H and O–H groups in total. The molecule has 0 saturated carbocycles. The molecule has 0 aliphatic heterocycles. The van der Waals surface area contributed by atoms with E-state index in [1.165, 1.54) is 76.9 Å². The molecular formula is C56H41N3. The van der Waals surface area contributed by atoms with Crippen LogP contribution in [0.2, 0.25) is 0 Å². The third kappa shape index (κ3) is 5.76. The van der Waals surface area contributed by atoms with Crippen LogP contribution in [0, 0.1) is 5.92 Å². The summed E-state index contributed by atoms with van der Waals surface area (Å²) < 4.78 is 0. The summed E-state index contributed by atoms with van der Waals surface area (Å²) in [4.78, 5) is 15.6. The van der Waals surface area contributed by atoms with E-state index in [1.54, 1.807) is 0 Å². The summed E-state index contributed by atoms with van der Waals surface area (Å²) >= 11 is 0. The van der Waals surface area contributed by atoms with Crippen molar-refractivity contribution in [3.05, 3.63) is 210 Å². The molecule has 11 rings (SSSR count). The fraction of sp³-hybridized carbons (Fsp3) is 0.0893. The minimum absolute atomic E-state index is 0.299. The third-order valence-electron chi connectivity index (χ3n) is 12.6. The normalized spacial score (nSPS) is 16.2. The highest BCUT2D eigenvalue weighted by Gasteiger charge is 2.33. The predicted molar refractivity (Wildman–Crippen MR) is 247 cm³/mol. The van der Waals surface area contributed by atoms with Gasteiger partial charge in [0.15, 0.2) is 17.5 Å². The summed E-state index contributed by atoms with van der Waals surface area (Å²) in [7, 11) is 0. The van der Waals surface area contributed by atoms with Crippen LogP contribution >= 0.6 is 0 Å². The van der Waals surface area contributed by atoms with Gasteiger partial charge >= 0.3 is 0 Å². The lowest BCUT2D eigenvalue weighted by Gasteiger charge is -2.36. The Labute approximate surface area is 344 Å². The molecule has 8 aromatic carbocycles. The number of benzene rings is 8. The molecule has 3 heteroatoms. The molecule has 0 amide bonds. The zero-order valence-corrected chi connectivity index (χ0v) is 33.0. The Hall–Kier alpha value is -7.23. The van der Waals surface area contributed by atoms with Crippen molar-refractivity contribution in [2.24, 2.45) is 5.92 Å². The Kier molecular flexibility index (Phi) is 8.48. The molecule has 59 heavy (non-hydrogen) atoms. The van der Waals surface area contributed by atoms with Crippen LogP contribution in [-0.2, 0) is 12.8 Å². The first-order chi connectivity index (χ1) is 29.2. The van der Waals surface area contributed by atoms with Gasteiger partial charge in [0.2, 0.25) is 0 Å². The van der Waals surface area contributed by atoms with Crippen LogP contribution in [-0.4, -0.2) is 15.0 Å². The van der Waals surface area contributed by atoms with Gasteiger partial charge in [-0.05, 0) is 127 Å². The highest BCUT2D eigenvalue weighted by molar-refractivity contribution is 6.28. The number of hydrogen-bond acceptors (Lipinski definition) is 3. The van der Waals surface area contributed by atoms with Crippen LogP contribution < -0.4 is 0 Å². The van der Waals surface area contributed by atoms with E-state index in [0.717, 1.165) is 41.5 Å². The van der Waals surface area contributed by atoms with E-state index in [1.807, 2.05) is 36.4 Å². The van der Waals surface area contributed by atoms with E-state index in [2.05, 4.69) is 153 Å². The number of nitrogens with zero attached hydrogens (tertiary/aromatic N) is 3. The maximum Gasteiger partial charge on any atom is 0.164 e. The molecule has 2 aliphatic rings. The summed E-state index contributed by atoms with van der Waals surface area (Å²) in [6, 6.07) is 58.7. The topological polar surface area (TPSA) is 38.7 Å². The molecule has 0 fully saturated rings. The zero-order valence-electron chi connectivity index (χ0n) is 33.0. The maximum absolute atomic E-state index is 5.26. The lowest BCUT2D eigenvalue weighted by molar-refractivity contribution is 0.560. The molecule has 280 valence electrons. The minimum atomic E-state index is 0.299. The van der Waals surface area contributed by atoms with Crippen LogP contribution in [0.3, 0.4) is 0 Å². The van der Waals surface area contributed by atoms with E-state index in [4.69, 9.17) is 15.0 Å². The van der Waals surface area contributed by atoms with Crippen LogP contribution in [0.25, 0.3) is 88.8 Å². The monoisotopic (exact) mass is 755 g/mol. The molecule has 1 aromatic heterocycles. The third-order valence-corrected chi connectivity index (χ3v) is 12.6. The van der Waals surface area contributed by atoms with Crippen LogP contribution in [0.5, 0.6) is 0 Å². The lowest BCUT2D eigenvalue weighted by Crippen LogP contribution is -2.21. The molecule has 1 atom stereocenters. The molecule has 1 heterocycles. The number of allylic oxidation sites excluding steroid dienone is 5. The summed E-state index contributed by atoms with van der Waals surface area (Å²) in [5.41, 5.74) is 14.7. The first-order valence-electron chi connectivity index (χ1n) is 20.7. The van der Waals surface area contributed by atoms with E-state index in [-0.39, 0.29) is 0 Å². The molecule has 9 aromatic rings. The summed E-state index contributed by atoms with van der Waals surface area (Å²) in [5, 5.41) is 7.28. The second-order valence-electron chi connectivity index (χ2n) is 15.7. The Morgan fingerprint density at radius 3 is 1.75 bits per heavy atom. The van der Waals surface area contributed by atoms with Gasteiger partial charge in [-0.15, -0.1) is 0 Å². The minimum Gasteiger partial charge on any atom is -0.208 e. The van der Waals surface area contributed by atoms with Crippen molar-refractivity contribution in [2.45, 2.75) is 26.2 Å². The quantitative estimate of drug-likeness (QED) is 0.164. The first kappa shape index (κ1) is 35.0. The Morgan fingerprint density at radius 2 is 1.08 bits per heavy atom. The van der Waals surface area contributed by atoms with Gasteiger partial charge in [0.05, 0.1) is 0 Å². The Balaban J connectivity index is 1.25. The van der Waals surface area contributed by atoms with Crippen molar-refractivity contribution in [1.82, 2.24) is 15.0 Å². The molecule has 2 bridgehead atoms. The summed E-state index contributed by atoms with van der Waals surface area (Å²) in [6.07, 6.45) is 7.51. The van der Waals surface area contributed by atoms with E-state index in [0.29, 0.717) is 23.4 Å². The average molecular weight is 756 g/mol. The Morgan fingerprint density at radius 1 is 0.542 bits per heavy atom. The van der Waals surface area contributed by atoms with Crippen LogP contribution in [0.1, 0.15) is 35.6 Å². The Bertz CT molecular complexity index is 3150. The second-order valence-corrected chi connectivity index (χ2v) is 15.7. The number of aryl methyl sites for hydroxylation is 1. The molecule has 2 aliphatic carbocycles. The number of rotatable bonds is 5. The molecule has 0 radical (unpaired) electrons. The largest absolute Gasteiger partial charge is 0.208 e. The van der Waals surface area contributed by atoms with Crippen molar-refractivity contribution in [2.75, 3.05) is 0 Å². The van der Waals surface area contributed by atoms with Gasteiger partial charge in [0, 0.05) is 16.7 Å². The summed E-state index contributed by atoms with van der Waals surface area (Å²) in [6.45, 7) is 6.83. The van der Waals surface area contributed by atoms with E-state index in [9.17, 15) is 0 Å². The van der Waals surface area contributed by atoms with Gasteiger partial charge in [-0.25, -0.2) is 15.0 Å². The van der Waals surface area contributed by atoms with Crippen LogP contribution in [0.4, 0.5) is 0 Å². The zero-order chi connectivity index (χ0) is 39.5. The number of fused-ring (bicyclic) bond motifs is 9. The van der Waals surface area contributed by atoms with Crippen molar-refractivity contribution < 1.29 is 0 Å². The van der Waals surface area contributed by atoms with Gasteiger partial charge in [0.25, 0.3) is 0 Å². The van der Waals surface area contributed by atoms with Crippen molar-refractivity contribution in [3.63, 3.8) is 0 Å². The van der Waals surface area contributed by atoms with Crippen LogP contribution in [0.15, 0.2) is 188 Å². The van der Waals surface area contributed by atoms with E-state index >= 15 is 0 Å². The van der Waals surface area contributed by atoms with Gasteiger partial charge in [-0.1, -0.05) is 170 Å². The second kappa shape index (κ2) is 14.3. The van der Waals surface area contributed by atoms with Gasteiger partial charge in [0.1, 0.15) is 0 Å². The number of hydrogen-bond donors (Lipinski definition) is 0. The standard InChI is InChI=1S/C56H41N3/c1-3-40-43-28-17-29-44-42-23-12-11-18-35(42)30-31-38(32-49(43)44)52(40)41(4-2)50-33-39(34-51-47-26-14-13-24-45(47)46-25-15-16-27-48(46)53(50)51)56-58-54(36-19-7-5-8-20-36)57-55(59-56)37-21-9-6-10-22-37/h3-29,33-34,38H,2,30-32H2,1H3/b40-3-,52-41+. The summed E-state index contributed by atoms with van der Waals surface area (Å²) in [5.74, 6) is 2.23. The molecule has 0 saturated heterocycles.